The highest BCUT2D eigenvalue weighted by Crippen LogP contribution is 2.68. The van der Waals surface area contributed by atoms with Crippen LogP contribution in [-0.4, -0.2) is 46.0 Å². The molecular formula is C34H27ClF6N8O2. The third-order valence-electron chi connectivity index (χ3n) is 8.73. The summed E-state index contributed by atoms with van der Waals surface area (Å²) < 4.78 is 89.1. The molecule has 264 valence electrons. The topological polar surface area (TPSA) is 136 Å². The Morgan fingerprint density at radius 1 is 1.12 bits per heavy atom. The van der Waals surface area contributed by atoms with Crippen molar-refractivity contribution in [1.29, 1.82) is 0 Å². The highest BCUT2D eigenvalue weighted by atomic mass is 35.5. The highest BCUT2D eigenvalue weighted by molar-refractivity contribution is 6.30. The maximum absolute atomic E-state index is 15.3. The van der Waals surface area contributed by atoms with E-state index >= 15 is 8.78 Å². The number of anilines is 1. The first-order valence-corrected chi connectivity index (χ1v) is 16.0. The van der Waals surface area contributed by atoms with Crippen LogP contribution in [0.1, 0.15) is 72.6 Å². The quantitative estimate of drug-likeness (QED) is 0.103. The molecule has 1 amide bonds. The number of carbonyl (C=O) groups excluding carboxylic acids is 1. The molecule has 3 atom stereocenters. The van der Waals surface area contributed by atoms with Gasteiger partial charge < -0.3 is 16.2 Å². The Balaban J connectivity index is 1.35. The van der Waals surface area contributed by atoms with Crippen LogP contribution in [0.2, 0.25) is 5.15 Å². The van der Waals surface area contributed by atoms with Crippen LogP contribution in [0.25, 0.3) is 16.8 Å². The number of carbonyl (C=O) groups is 1. The SMILES string of the molecule is CC(C)(O)C#Cc1ccc(-c2ccc(Cl)n3c(N)nnc23)c([C@H](Cc2cc(F)cc(F)c2)NC(=O)Cn2nc(C(F)F)c3c2C(F)(F)[C@@H]2C[C@H]32)n1. The largest absolute Gasteiger partial charge is 0.378 e. The van der Waals surface area contributed by atoms with Gasteiger partial charge in [-0.2, -0.15) is 13.9 Å². The molecule has 7 rings (SSSR count). The number of fused-ring (bicyclic) bond motifs is 4. The summed E-state index contributed by atoms with van der Waals surface area (Å²) in [5, 5.41) is 24.8. The number of benzene rings is 1. The van der Waals surface area contributed by atoms with Crippen molar-refractivity contribution in [2.75, 3.05) is 5.73 Å². The van der Waals surface area contributed by atoms with E-state index in [0.29, 0.717) is 21.9 Å². The summed E-state index contributed by atoms with van der Waals surface area (Å²) in [6.07, 6.45) is -3.39. The summed E-state index contributed by atoms with van der Waals surface area (Å²) in [4.78, 5) is 18.4. The number of rotatable bonds is 8. The van der Waals surface area contributed by atoms with Crippen molar-refractivity contribution in [1.82, 2.24) is 34.7 Å². The molecule has 17 heteroatoms. The van der Waals surface area contributed by atoms with E-state index in [0.717, 1.165) is 12.1 Å². The number of pyridine rings is 2. The molecule has 4 N–H and O–H groups in total. The van der Waals surface area contributed by atoms with Crippen LogP contribution >= 0.6 is 11.6 Å². The average molecular weight is 729 g/mol. The van der Waals surface area contributed by atoms with Gasteiger partial charge in [0, 0.05) is 28.7 Å². The van der Waals surface area contributed by atoms with Crippen LogP contribution in [0.5, 0.6) is 0 Å². The summed E-state index contributed by atoms with van der Waals surface area (Å²) in [7, 11) is 0. The van der Waals surface area contributed by atoms with Crippen molar-refractivity contribution in [3.05, 3.63) is 93.2 Å². The molecule has 2 aliphatic carbocycles. The van der Waals surface area contributed by atoms with Crippen LogP contribution in [0.15, 0.2) is 42.5 Å². The second kappa shape index (κ2) is 12.3. The van der Waals surface area contributed by atoms with Crippen LogP contribution in [0, 0.1) is 29.4 Å². The highest BCUT2D eigenvalue weighted by Gasteiger charge is 2.67. The summed E-state index contributed by atoms with van der Waals surface area (Å²) in [6, 6.07) is 7.70. The lowest BCUT2D eigenvalue weighted by molar-refractivity contribution is -0.123. The lowest BCUT2D eigenvalue weighted by atomic mass is 9.95. The molecule has 0 unspecified atom stereocenters. The summed E-state index contributed by atoms with van der Waals surface area (Å²) in [5.74, 6) is -2.77. The van der Waals surface area contributed by atoms with Crippen molar-refractivity contribution in [3.63, 3.8) is 0 Å². The Kier molecular flexibility index (Phi) is 8.26. The van der Waals surface area contributed by atoms with Crippen LogP contribution in [0.3, 0.4) is 0 Å². The number of nitrogens with one attached hydrogen (secondary N) is 1. The third-order valence-corrected chi connectivity index (χ3v) is 9.02. The van der Waals surface area contributed by atoms with Crippen molar-refractivity contribution < 1.29 is 36.2 Å². The molecule has 0 aliphatic heterocycles. The molecule has 1 saturated carbocycles. The summed E-state index contributed by atoms with van der Waals surface area (Å²) >= 11 is 6.36. The van der Waals surface area contributed by atoms with Crippen molar-refractivity contribution in [2.24, 2.45) is 5.92 Å². The fourth-order valence-corrected chi connectivity index (χ4v) is 6.81. The number of amides is 1. The number of nitrogen functional groups attached to an aromatic ring is 1. The van der Waals surface area contributed by atoms with Gasteiger partial charge in [-0.15, -0.1) is 10.2 Å². The summed E-state index contributed by atoms with van der Waals surface area (Å²) in [6.45, 7) is 2.03. The number of aromatic nitrogens is 6. The molecule has 51 heavy (non-hydrogen) atoms. The molecule has 10 nitrogen and oxygen atoms in total. The fourth-order valence-electron chi connectivity index (χ4n) is 6.58. The molecule has 4 heterocycles. The van der Waals surface area contributed by atoms with Gasteiger partial charge >= 0.3 is 0 Å². The standard InChI is InChI=1S/C34H27ClF6N8O2/c1-33(2,51)8-7-18-3-4-19(20-5-6-24(35)49-31(20)45-46-32(49)42)27(43-18)23(11-15-9-16(36)12-17(37)10-15)44-25(50)14-48-29-26(28(47-48)30(38)39)21-13-22(21)34(29,40)41/h3-6,9-10,12,21-23,30,51H,11,13-14H2,1-2H3,(H2,42,46)(H,44,50)/t21-,22+,23-/m0/s1. The molecule has 0 spiro atoms. The van der Waals surface area contributed by atoms with Gasteiger partial charge in [-0.1, -0.05) is 17.5 Å². The van der Waals surface area contributed by atoms with Gasteiger partial charge in [0.25, 0.3) is 12.3 Å². The van der Waals surface area contributed by atoms with E-state index in [4.69, 9.17) is 17.3 Å². The van der Waals surface area contributed by atoms with E-state index in [1.807, 2.05) is 0 Å². The molecule has 0 saturated heterocycles. The molecule has 0 bridgehead atoms. The number of halogens is 7. The number of hydrogen-bond donors (Lipinski definition) is 3. The minimum Gasteiger partial charge on any atom is -0.378 e. The average Bonchev–Trinajstić information content (AvgIpc) is 3.53. The fraction of sp³-hybridized carbons (Fsp3) is 0.324. The van der Waals surface area contributed by atoms with E-state index < -0.39 is 71.3 Å². The molecular weight excluding hydrogens is 702 g/mol. The minimum atomic E-state index is -3.47. The first kappa shape index (κ1) is 34.3. The van der Waals surface area contributed by atoms with Crippen LogP contribution in [0.4, 0.5) is 32.3 Å². The Hall–Kier alpha value is -5.14. The van der Waals surface area contributed by atoms with E-state index in [2.05, 4.69) is 37.4 Å². The number of alkyl halides is 4. The second-order valence-corrected chi connectivity index (χ2v) is 13.4. The number of nitrogens with zero attached hydrogens (tertiary/aromatic N) is 6. The first-order chi connectivity index (χ1) is 24.0. The number of hydrogen-bond acceptors (Lipinski definition) is 7. The van der Waals surface area contributed by atoms with Crippen LogP contribution in [-0.2, 0) is 23.7 Å². The predicted octanol–water partition coefficient (Wildman–Crippen LogP) is 5.87. The lowest BCUT2D eigenvalue weighted by Gasteiger charge is -2.23. The van der Waals surface area contributed by atoms with E-state index in [1.165, 1.54) is 30.4 Å². The van der Waals surface area contributed by atoms with E-state index in [-0.39, 0.29) is 52.1 Å². The molecule has 0 radical (unpaired) electrons. The molecule has 4 aromatic heterocycles. The molecule has 2 aliphatic rings. The first-order valence-electron chi connectivity index (χ1n) is 15.6. The van der Waals surface area contributed by atoms with Gasteiger partial charge in [-0.25, -0.2) is 22.5 Å². The molecule has 1 fully saturated rings. The van der Waals surface area contributed by atoms with Gasteiger partial charge in [-0.05, 0) is 80.5 Å². The molecule has 1 aromatic carbocycles. The Morgan fingerprint density at radius 3 is 2.51 bits per heavy atom. The van der Waals surface area contributed by atoms with Gasteiger partial charge in [0.1, 0.15) is 46.0 Å². The maximum Gasteiger partial charge on any atom is 0.293 e. The monoisotopic (exact) mass is 728 g/mol. The van der Waals surface area contributed by atoms with Crippen molar-refractivity contribution in [3.8, 4) is 23.0 Å². The Labute approximate surface area is 290 Å². The summed E-state index contributed by atoms with van der Waals surface area (Å²) in [5.41, 5.74) is 3.96. The van der Waals surface area contributed by atoms with E-state index in [1.54, 1.807) is 12.1 Å². The van der Waals surface area contributed by atoms with Crippen LogP contribution < -0.4 is 11.1 Å². The van der Waals surface area contributed by atoms with E-state index in [9.17, 15) is 27.5 Å². The minimum absolute atomic E-state index is 0.0385. The van der Waals surface area contributed by atoms with Gasteiger partial charge in [0.15, 0.2) is 5.65 Å². The smallest absolute Gasteiger partial charge is 0.293 e. The van der Waals surface area contributed by atoms with Crippen molar-refractivity contribution >= 4 is 29.1 Å². The number of nitrogens with two attached hydrogens (primary N) is 1. The predicted molar refractivity (Wildman–Crippen MR) is 172 cm³/mol. The molecule has 5 aromatic rings. The maximum atomic E-state index is 15.3. The Morgan fingerprint density at radius 2 is 1.82 bits per heavy atom. The Bertz CT molecular complexity index is 2270. The second-order valence-electron chi connectivity index (χ2n) is 13.0. The zero-order valence-electron chi connectivity index (χ0n) is 26.7. The van der Waals surface area contributed by atoms with Crippen molar-refractivity contribution in [2.45, 2.75) is 63.1 Å². The van der Waals surface area contributed by atoms with Gasteiger partial charge in [0.2, 0.25) is 11.9 Å². The normalized spacial score (nSPS) is 17.9. The number of aliphatic hydroxyl groups is 1. The third kappa shape index (κ3) is 6.36. The van der Waals surface area contributed by atoms with Gasteiger partial charge in [-0.3, -0.25) is 13.9 Å². The zero-order chi connectivity index (χ0) is 36.6. The van der Waals surface area contributed by atoms with Gasteiger partial charge in [0.05, 0.1) is 11.7 Å². The lowest BCUT2D eigenvalue weighted by Crippen LogP contribution is -2.35. The zero-order valence-corrected chi connectivity index (χ0v) is 27.5.